The molecule has 0 aliphatic carbocycles. The van der Waals surface area contributed by atoms with Crippen molar-refractivity contribution in [2.45, 2.75) is 13.3 Å². The average molecular weight is 323 g/mol. The molecule has 0 unspecified atom stereocenters. The molecule has 0 aliphatic heterocycles. The number of carbonyl (C=O) groups is 2. The molecule has 0 spiro atoms. The molecule has 2 rings (SSSR count). The second-order valence-electron chi connectivity index (χ2n) is 4.51. The maximum Gasteiger partial charge on any atom is 0.360 e. The molecule has 1 aromatic heterocycles. The van der Waals surface area contributed by atoms with Gasteiger partial charge in [-0.15, -0.1) is 0 Å². The second-order valence-corrected chi connectivity index (χ2v) is 4.94. The van der Waals surface area contributed by atoms with Crippen LogP contribution in [0.25, 0.3) is 5.69 Å². The van der Waals surface area contributed by atoms with Gasteiger partial charge in [-0.1, -0.05) is 11.6 Å². The minimum Gasteiger partial charge on any atom is -0.481 e. The lowest BCUT2D eigenvalue weighted by Crippen LogP contribution is -2.28. The molecule has 0 amide bonds. The van der Waals surface area contributed by atoms with Gasteiger partial charge in [-0.05, 0) is 31.2 Å². The standard InChI is InChI=1S/C14H11ClN2O5/c1-7-10(6-11(18)19)13(20)12(14(21)22)16-17(7)9-4-2-8(15)3-5-9/h2-5H,6H2,1H3,(H,18,19)(H,21,22). The molecule has 22 heavy (non-hydrogen) atoms. The molecule has 2 aromatic rings. The third-order valence-corrected chi connectivity index (χ3v) is 3.30. The van der Waals surface area contributed by atoms with Crippen molar-refractivity contribution in [1.29, 1.82) is 0 Å². The molecule has 0 fully saturated rings. The fourth-order valence-electron chi connectivity index (χ4n) is 1.99. The Bertz CT molecular complexity index is 811. The molecular weight excluding hydrogens is 312 g/mol. The molecule has 0 bridgehead atoms. The van der Waals surface area contributed by atoms with Crippen LogP contribution >= 0.6 is 11.6 Å². The van der Waals surface area contributed by atoms with Crippen molar-refractivity contribution < 1.29 is 19.8 Å². The Balaban J connectivity index is 2.76. The van der Waals surface area contributed by atoms with Crippen LogP contribution in [0.2, 0.25) is 5.02 Å². The molecule has 0 radical (unpaired) electrons. The average Bonchev–Trinajstić information content (AvgIpc) is 2.44. The van der Waals surface area contributed by atoms with Gasteiger partial charge in [0, 0.05) is 16.3 Å². The summed E-state index contributed by atoms with van der Waals surface area (Å²) in [6, 6.07) is 6.33. The third kappa shape index (κ3) is 2.99. The van der Waals surface area contributed by atoms with Crippen molar-refractivity contribution in [3.63, 3.8) is 0 Å². The maximum absolute atomic E-state index is 12.1. The Morgan fingerprint density at radius 1 is 1.23 bits per heavy atom. The van der Waals surface area contributed by atoms with E-state index in [1.807, 2.05) is 0 Å². The van der Waals surface area contributed by atoms with Gasteiger partial charge in [-0.3, -0.25) is 9.59 Å². The smallest absolute Gasteiger partial charge is 0.360 e. The first-order valence-electron chi connectivity index (χ1n) is 6.15. The van der Waals surface area contributed by atoms with Gasteiger partial charge in [0.2, 0.25) is 11.1 Å². The fourth-order valence-corrected chi connectivity index (χ4v) is 2.11. The highest BCUT2D eigenvalue weighted by Crippen LogP contribution is 2.16. The Morgan fingerprint density at radius 3 is 2.32 bits per heavy atom. The van der Waals surface area contributed by atoms with Crippen LogP contribution in [0.5, 0.6) is 0 Å². The minimum atomic E-state index is -1.51. The van der Waals surface area contributed by atoms with Crippen molar-refractivity contribution in [2.75, 3.05) is 0 Å². The van der Waals surface area contributed by atoms with Crippen molar-refractivity contribution in [1.82, 2.24) is 9.78 Å². The molecule has 1 aromatic carbocycles. The van der Waals surface area contributed by atoms with Crippen LogP contribution in [0, 0.1) is 6.92 Å². The SMILES string of the molecule is Cc1c(CC(=O)O)c(=O)c(C(=O)O)nn1-c1ccc(Cl)cc1. The number of halogens is 1. The Kier molecular flexibility index (Phi) is 4.27. The van der Waals surface area contributed by atoms with E-state index >= 15 is 0 Å². The number of carboxylic acids is 2. The van der Waals surface area contributed by atoms with E-state index in [0.717, 1.165) is 0 Å². The molecule has 2 N–H and O–H groups in total. The third-order valence-electron chi connectivity index (χ3n) is 3.05. The first-order chi connectivity index (χ1) is 10.3. The molecule has 8 heteroatoms. The highest BCUT2D eigenvalue weighted by molar-refractivity contribution is 6.30. The van der Waals surface area contributed by atoms with E-state index in [0.29, 0.717) is 10.7 Å². The number of hydrogen-bond acceptors (Lipinski definition) is 4. The van der Waals surface area contributed by atoms with E-state index in [2.05, 4.69) is 5.10 Å². The van der Waals surface area contributed by atoms with Crippen LogP contribution in [0.4, 0.5) is 0 Å². The number of hydrogen-bond donors (Lipinski definition) is 2. The van der Waals surface area contributed by atoms with Gasteiger partial charge in [-0.25, -0.2) is 9.48 Å². The minimum absolute atomic E-state index is 0.116. The summed E-state index contributed by atoms with van der Waals surface area (Å²) in [5.74, 6) is -2.75. The van der Waals surface area contributed by atoms with E-state index < -0.39 is 29.5 Å². The molecule has 0 aliphatic rings. The summed E-state index contributed by atoms with van der Waals surface area (Å²) in [6.07, 6.45) is -0.582. The van der Waals surface area contributed by atoms with E-state index in [-0.39, 0.29) is 11.3 Å². The number of aromatic carboxylic acids is 1. The van der Waals surface area contributed by atoms with Crippen molar-refractivity contribution in [3.05, 3.63) is 56.5 Å². The van der Waals surface area contributed by atoms with Crippen LogP contribution < -0.4 is 5.43 Å². The lowest BCUT2D eigenvalue weighted by atomic mass is 10.1. The molecule has 7 nitrogen and oxygen atoms in total. The first kappa shape index (κ1) is 15.7. The van der Waals surface area contributed by atoms with Gasteiger partial charge >= 0.3 is 11.9 Å². The second kappa shape index (κ2) is 5.98. The van der Waals surface area contributed by atoms with Gasteiger partial charge in [-0.2, -0.15) is 5.10 Å². The number of aliphatic carboxylic acids is 1. The van der Waals surface area contributed by atoms with Crippen LogP contribution in [0.1, 0.15) is 21.7 Å². The predicted molar refractivity (Wildman–Crippen MR) is 77.9 cm³/mol. The predicted octanol–water partition coefficient (Wildman–Crippen LogP) is 1.52. The van der Waals surface area contributed by atoms with E-state index in [4.69, 9.17) is 21.8 Å². The van der Waals surface area contributed by atoms with Crippen LogP contribution in [-0.4, -0.2) is 31.9 Å². The molecule has 0 saturated carbocycles. The van der Waals surface area contributed by atoms with E-state index in [9.17, 15) is 14.4 Å². The number of benzene rings is 1. The Morgan fingerprint density at radius 2 is 1.82 bits per heavy atom. The van der Waals surface area contributed by atoms with Crippen LogP contribution in [-0.2, 0) is 11.2 Å². The highest BCUT2D eigenvalue weighted by Gasteiger charge is 2.21. The zero-order chi connectivity index (χ0) is 16.4. The largest absolute Gasteiger partial charge is 0.481 e. The highest BCUT2D eigenvalue weighted by atomic mass is 35.5. The van der Waals surface area contributed by atoms with Gasteiger partial charge in [0.25, 0.3) is 0 Å². The van der Waals surface area contributed by atoms with Crippen molar-refractivity contribution in [3.8, 4) is 5.69 Å². The van der Waals surface area contributed by atoms with Crippen molar-refractivity contribution in [2.24, 2.45) is 0 Å². The summed E-state index contributed by atoms with van der Waals surface area (Å²) in [5, 5.41) is 22.3. The van der Waals surface area contributed by atoms with Gasteiger partial charge in [0.1, 0.15) is 0 Å². The van der Waals surface area contributed by atoms with Gasteiger partial charge < -0.3 is 10.2 Å². The van der Waals surface area contributed by atoms with E-state index in [1.54, 1.807) is 24.3 Å². The number of nitrogens with zero attached hydrogens (tertiary/aromatic N) is 2. The zero-order valence-electron chi connectivity index (χ0n) is 11.4. The fraction of sp³-hybridized carbons (Fsp3) is 0.143. The zero-order valence-corrected chi connectivity index (χ0v) is 12.2. The maximum atomic E-state index is 12.1. The molecular formula is C14H11ClN2O5. The number of carboxylic acid groups (broad SMARTS) is 2. The molecule has 114 valence electrons. The monoisotopic (exact) mass is 322 g/mol. The van der Waals surface area contributed by atoms with Crippen LogP contribution in [0.15, 0.2) is 29.1 Å². The molecule has 1 heterocycles. The summed E-state index contributed by atoms with van der Waals surface area (Å²) in [5.41, 5.74) is -1.000. The molecule has 0 saturated heterocycles. The van der Waals surface area contributed by atoms with Crippen LogP contribution in [0.3, 0.4) is 0 Å². The Labute approximate surface area is 129 Å². The van der Waals surface area contributed by atoms with Gasteiger partial charge in [0.05, 0.1) is 12.1 Å². The van der Waals surface area contributed by atoms with Crippen molar-refractivity contribution >= 4 is 23.5 Å². The summed E-state index contributed by atoms with van der Waals surface area (Å²) in [7, 11) is 0. The Hall–Kier alpha value is -2.67. The lowest BCUT2D eigenvalue weighted by molar-refractivity contribution is -0.136. The van der Waals surface area contributed by atoms with Gasteiger partial charge in [0.15, 0.2) is 0 Å². The number of aromatic nitrogens is 2. The summed E-state index contributed by atoms with van der Waals surface area (Å²) < 4.78 is 1.22. The lowest BCUT2D eigenvalue weighted by Gasteiger charge is -2.13. The summed E-state index contributed by atoms with van der Waals surface area (Å²) in [6.45, 7) is 1.51. The summed E-state index contributed by atoms with van der Waals surface area (Å²) >= 11 is 5.79. The quantitative estimate of drug-likeness (QED) is 0.883. The summed E-state index contributed by atoms with van der Waals surface area (Å²) in [4.78, 5) is 34.1. The normalized spacial score (nSPS) is 10.5. The topological polar surface area (TPSA) is 109 Å². The van der Waals surface area contributed by atoms with E-state index in [1.165, 1.54) is 11.6 Å². The first-order valence-corrected chi connectivity index (χ1v) is 6.53. The molecule has 0 atom stereocenters. The number of rotatable bonds is 4.